The van der Waals surface area contributed by atoms with Crippen LogP contribution in [0.5, 0.6) is 0 Å². The average Bonchev–Trinajstić information content (AvgIpc) is 2.89. The highest BCUT2D eigenvalue weighted by atomic mass is 79.9. The molecule has 21 heavy (non-hydrogen) atoms. The summed E-state index contributed by atoms with van der Waals surface area (Å²) in [6.45, 7) is 3.35. The van der Waals surface area contributed by atoms with Crippen LogP contribution in [0.2, 0.25) is 5.02 Å². The Hall–Kier alpha value is -1.11. The van der Waals surface area contributed by atoms with Gasteiger partial charge in [0.15, 0.2) is 0 Å². The Morgan fingerprint density at radius 3 is 2.95 bits per heavy atom. The van der Waals surface area contributed by atoms with Crippen LogP contribution in [0, 0.1) is 0 Å². The quantitative estimate of drug-likeness (QED) is 0.775. The Morgan fingerprint density at radius 2 is 2.29 bits per heavy atom. The molecule has 2 aromatic heterocycles. The van der Waals surface area contributed by atoms with Crippen molar-refractivity contribution in [3.8, 4) is 0 Å². The Bertz CT molecular complexity index is 632. The van der Waals surface area contributed by atoms with Crippen LogP contribution >= 0.6 is 38.9 Å². The van der Waals surface area contributed by atoms with Gasteiger partial charge in [0.2, 0.25) is 0 Å². The number of thiophene rings is 1. The third kappa shape index (κ3) is 4.69. The first-order valence-electron chi connectivity index (χ1n) is 6.50. The molecule has 0 bridgehead atoms. The molecule has 0 unspecified atom stereocenters. The lowest BCUT2D eigenvalue weighted by atomic mass is 10.2. The minimum absolute atomic E-state index is 0.202. The van der Waals surface area contributed by atoms with E-state index >= 15 is 0 Å². The number of anilines is 1. The Labute approximate surface area is 141 Å². The fourth-order valence-corrected chi connectivity index (χ4v) is 3.25. The van der Waals surface area contributed by atoms with E-state index < -0.39 is 0 Å². The molecule has 0 saturated carbocycles. The molecule has 112 valence electrons. The molecule has 2 rings (SSSR count). The second kappa shape index (κ2) is 7.77. The van der Waals surface area contributed by atoms with Gasteiger partial charge >= 0.3 is 0 Å². The molecular weight excluding hydrogens is 374 g/mol. The van der Waals surface area contributed by atoms with Gasteiger partial charge in [-0.05, 0) is 34.5 Å². The predicted octanol–water partition coefficient (Wildman–Crippen LogP) is 4.31. The molecule has 0 aromatic carbocycles. The zero-order valence-electron chi connectivity index (χ0n) is 11.5. The topological polar surface area (TPSA) is 54.0 Å². The number of nitrogens with zero attached hydrogens (tertiary/aromatic N) is 1. The minimum Gasteiger partial charge on any atom is -0.370 e. The van der Waals surface area contributed by atoms with E-state index in [4.69, 9.17) is 11.6 Å². The smallest absolute Gasteiger partial charge is 0.253 e. The zero-order chi connectivity index (χ0) is 15.2. The summed E-state index contributed by atoms with van der Waals surface area (Å²) in [5.74, 6) is 0.455. The summed E-state index contributed by atoms with van der Waals surface area (Å²) in [4.78, 5) is 17.4. The van der Waals surface area contributed by atoms with Crippen LogP contribution in [0.15, 0.2) is 28.2 Å². The summed E-state index contributed by atoms with van der Waals surface area (Å²) in [5, 5.41) is 8.33. The first kappa shape index (κ1) is 16.3. The third-order valence-electron chi connectivity index (χ3n) is 2.70. The highest BCUT2D eigenvalue weighted by Crippen LogP contribution is 2.21. The van der Waals surface area contributed by atoms with Gasteiger partial charge < -0.3 is 10.6 Å². The average molecular weight is 389 g/mol. The van der Waals surface area contributed by atoms with Gasteiger partial charge in [-0.25, -0.2) is 4.98 Å². The zero-order valence-corrected chi connectivity index (χ0v) is 14.6. The number of pyridine rings is 1. The van der Waals surface area contributed by atoms with Crippen molar-refractivity contribution in [1.82, 2.24) is 10.3 Å². The highest BCUT2D eigenvalue weighted by Gasteiger charge is 2.12. The maximum Gasteiger partial charge on any atom is 0.253 e. The lowest BCUT2D eigenvalue weighted by Crippen LogP contribution is -2.23. The Kier molecular flexibility index (Phi) is 6.02. The summed E-state index contributed by atoms with van der Waals surface area (Å²) in [6, 6.07) is 3.66. The van der Waals surface area contributed by atoms with Gasteiger partial charge in [0.25, 0.3) is 5.91 Å². The molecule has 0 aliphatic heterocycles. The number of hydrogen-bond acceptors (Lipinski definition) is 4. The van der Waals surface area contributed by atoms with Crippen molar-refractivity contribution < 1.29 is 4.79 Å². The van der Waals surface area contributed by atoms with Gasteiger partial charge in [0.1, 0.15) is 5.82 Å². The van der Waals surface area contributed by atoms with Crippen LogP contribution in [0.4, 0.5) is 5.82 Å². The van der Waals surface area contributed by atoms with Gasteiger partial charge in [0, 0.05) is 27.5 Å². The van der Waals surface area contributed by atoms with Crippen molar-refractivity contribution in [1.29, 1.82) is 0 Å². The second-order valence-corrected chi connectivity index (χ2v) is 6.71. The van der Waals surface area contributed by atoms with Crippen molar-refractivity contribution >= 4 is 50.6 Å². The van der Waals surface area contributed by atoms with E-state index in [0.717, 1.165) is 22.3 Å². The van der Waals surface area contributed by atoms with Crippen LogP contribution in [-0.4, -0.2) is 17.4 Å². The number of nitrogens with one attached hydrogen (secondary N) is 2. The molecule has 0 spiro atoms. The second-order valence-electron chi connectivity index (χ2n) is 4.39. The number of hydrogen-bond donors (Lipinski definition) is 2. The van der Waals surface area contributed by atoms with E-state index in [2.05, 4.69) is 38.5 Å². The first-order chi connectivity index (χ1) is 10.1. The molecule has 2 heterocycles. The van der Waals surface area contributed by atoms with Crippen LogP contribution < -0.4 is 10.6 Å². The van der Waals surface area contributed by atoms with Crippen molar-refractivity contribution in [3.05, 3.63) is 43.6 Å². The molecule has 2 N–H and O–H groups in total. The normalized spacial score (nSPS) is 10.4. The minimum atomic E-state index is -0.202. The molecular formula is C14H15BrClN3OS. The number of aromatic nitrogens is 1. The van der Waals surface area contributed by atoms with Gasteiger partial charge in [-0.1, -0.05) is 18.5 Å². The van der Waals surface area contributed by atoms with E-state index in [1.165, 1.54) is 6.20 Å². The van der Waals surface area contributed by atoms with Gasteiger partial charge in [0.05, 0.1) is 17.1 Å². The fourth-order valence-electron chi connectivity index (χ4n) is 1.67. The molecule has 0 radical (unpaired) electrons. The predicted molar refractivity (Wildman–Crippen MR) is 91.2 cm³/mol. The van der Waals surface area contributed by atoms with Crippen LogP contribution in [-0.2, 0) is 6.54 Å². The highest BCUT2D eigenvalue weighted by molar-refractivity contribution is 9.10. The largest absolute Gasteiger partial charge is 0.370 e. The summed E-state index contributed by atoms with van der Waals surface area (Å²) in [7, 11) is 0. The van der Waals surface area contributed by atoms with Crippen molar-refractivity contribution in [2.45, 2.75) is 19.9 Å². The summed E-state index contributed by atoms with van der Waals surface area (Å²) in [5.41, 5.74) is 0.431. The van der Waals surface area contributed by atoms with Crippen LogP contribution in [0.1, 0.15) is 28.6 Å². The van der Waals surface area contributed by atoms with Crippen LogP contribution in [0.3, 0.4) is 0 Å². The maximum absolute atomic E-state index is 12.2. The van der Waals surface area contributed by atoms with Gasteiger partial charge in [-0.2, -0.15) is 0 Å². The Balaban J connectivity index is 2.03. The van der Waals surface area contributed by atoms with E-state index in [-0.39, 0.29) is 5.91 Å². The monoisotopic (exact) mass is 387 g/mol. The molecule has 0 aliphatic rings. The number of halogens is 2. The molecule has 2 aromatic rings. The molecule has 7 heteroatoms. The standard InChI is InChI=1S/C14H15BrClN3OS/c1-2-3-17-13-5-11(12(16)7-18-13)14(20)19-6-10-4-9(15)8-21-10/h4-5,7-8H,2-3,6H2,1H3,(H,17,18)(H,19,20). The number of carbonyl (C=O) groups excluding carboxylic acids is 1. The first-order valence-corrected chi connectivity index (χ1v) is 8.55. The van der Waals surface area contributed by atoms with E-state index in [0.29, 0.717) is 22.9 Å². The molecule has 1 amide bonds. The van der Waals surface area contributed by atoms with Crippen molar-refractivity contribution in [2.24, 2.45) is 0 Å². The summed E-state index contributed by atoms with van der Waals surface area (Å²) in [6.07, 6.45) is 2.48. The number of rotatable bonds is 6. The number of carbonyl (C=O) groups is 1. The maximum atomic E-state index is 12.2. The van der Waals surface area contributed by atoms with Crippen LogP contribution in [0.25, 0.3) is 0 Å². The van der Waals surface area contributed by atoms with E-state index in [1.54, 1.807) is 17.4 Å². The molecule has 0 aliphatic carbocycles. The van der Waals surface area contributed by atoms with Crippen molar-refractivity contribution in [2.75, 3.05) is 11.9 Å². The lowest BCUT2D eigenvalue weighted by molar-refractivity contribution is 0.0951. The fraction of sp³-hybridized carbons (Fsp3) is 0.286. The third-order valence-corrected chi connectivity index (χ3v) is 4.70. The molecule has 4 nitrogen and oxygen atoms in total. The summed E-state index contributed by atoms with van der Waals surface area (Å²) < 4.78 is 1.02. The molecule has 0 atom stereocenters. The Morgan fingerprint density at radius 1 is 1.48 bits per heavy atom. The summed E-state index contributed by atoms with van der Waals surface area (Å²) >= 11 is 11.0. The van der Waals surface area contributed by atoms with Gasteiger partial charge in [-0.3, -0.25) is 4.79 Å². The lowest BCUT2D eigenvalue weighted by Gasteiger charge is -2.09. The SMILES string of the molecule is CCCNc1cc(C(=O)NCc2cc(Br)cs2)c(Cl)cn1. The van der Waals surface area contributed by atoms with Crippen molar-refractivity contribution in [3.63, 3.8) is 0 Å². The van der Waals surface area contributed by atoms with E-state index in [9.17, 15) is 4.79 Å². The van der Waals surface area contributed by atoms with Gasteiger partial charge in [-0.15, -0.1) is 11.3 Å². The molecule has 0 saturated heterocycles. The number of amides is 1. The van der Waals surface area contributed by atoms with E-state index in [1.807, 2.05) is 11.4 Å². The molecule has 0 fully saturated rings.